The Morgan fingerprint density at radius 2 is 1.76 bits per heavy atom. The molecule has 0 N–H and O–H groups in total. The summed E-state index contributed by atoms with van der Waals surface area (Å²) in [5, 5.41) is 0. The molecule has 0 aromatic heterocycles. The third-order valence-corrected chi connectivity index (χ3v) is 6.07. The number of rotatable bonds is 3. The molecule has 3 aliphatic heterocycles. The molecule has 0 bridgehead atoms. The molecular weight excluding hydrogens is 314 g/mol. The molecule has 4 rings (SSSR count). The van der Waals surface area contributed by atoms with Crippen molar-refractivity contribution in [2.45, 2.75) is 44.3 Å². The van der Waals surface area contributed by atoms with Crippen molar-refractivity contribution in [1.82, 2.24) is 9.80 Å². The molecule has 0 aliphatic carbocycles. The van der Waals surface area contributed by atoms with Crippen LogP contribution in [0, 0.1) is 0 Å². The van der Waals surface area contributed by atoms with Gasteiger partial charge in [0.2, 0.25) is 5.91 Å². The van der Waals surface area contributed by atoms with Gasteiger partial charge in [0.05, 0.1) is 19.3 Å². The Bertz CT molecular complexity index is 586. The highest BCUT2D eigenvalue weighted by atomic mass is 16.5. The van der Waals surface area contributed by atoms with Gasteiger partial charge in [-0.15, -0.1) is 0 Å². The van der Waals surface area contributed by atoms with Crippen molar-refractivity contribution in [1.29, 1.82) is 0 Å². The molecule has 1 amide bonds. The van der Waals surface area contributed by atoms with E-state index in [1.54, 1.807) is 0 Å². The van der Waals surface area contributed by atoms with Crippen molar-refractivity contribution in [3.8, 4) is 0 Å². The van der Waals surface area contributed by atoms with Crippen LogP contribution in [0.3, 0.4) is 0 Å². The van der Waals surface area contributed by atoms with E-state index in [2.05, 4.69) is 16.7 Å². The van der Waals surface area contributed by atoms with E-state index >= 15 is 0 Å². The van der Waals surface area contributed by atoms with Crippen molar-refractivity contribution < 1.29 is 9.53 Å². The number of nitrogens with zero attached hydrogens (tertiary/aromatic N) is 3. The van der Waals surface area contributed by atoms with E-state index in [1.165, 1.54) is 12.8 Å². The number of benzene rings is 1. The first-order valence-electron chi connectivity index (χ1n) is 9.68. The van der Waals surface area contributed by atoms with Gasteiger partial charge < -0.3 is 9.64 Å². The van der Waals surface area contributed by atoms with E-state index in [9.17, 15) is 4.79 Å². The van der Waals surface area contributed by atoms with Gasteiger partial charge >= 0.3 is 0 Å². The fraction of sp³-hybridized carbons (Fsp3) is 0.650. The molecule has 1 aromatic carbocycles. The minimum absolute atomic E-state index is 0.0725. The van der Waals surface area contributed by atoms with Gasteiger partial charge in [-0.25, -0.2) is 0 Å². The van der Waals surface area contributed by atoms with Crippen LogP contribution in [0.4, 0.5) is 5.69 Å². The molecule has 25 heavy (non-hydrogen) atoms. The third-order valence-electron chi connectivity index (χ3n) is 6.07. The van der Waals surface area contributed by atoms with Crippen LogP contribution in [0.5, 0.6) is 0 Å². The number of carbonyl (C=O) groups excluding carboxylic acids is 1. The highest BCUT2D eigenvalue weighted by Gasteiger charge is 2.39. The second-order valence-electron chi connectivity index (χ2n) is 7.56. The molecule has 3 saturated heterocycles. The molecular formula is C20H29N3O2. The van der Waals surface area contributed by atoms with Crippen molar-refractivity contribution in [2.24, 2.45) is 0 Å². The standard InChI is InChI=1S/C20H29N3O2/c1-16-15-25-14-13-22(16)18-7-10-21(11-8-18)19-9-12-23(20(19)24)17-5-3-2-4-6-17/h2-6,16,18-19H,7-15H2,1H3/t16-,19-/m0/s1. The van der Waals surface area contributed by atoms with Crippen LogP contribution in [-0.2, 0) is 9.53 Å². The van der Waals surface area contributed by atoms with Gasteiger partial charge in [-0.2, -0.15) is 0 Å². The zero-order chi connectivity index (χ0) is 17.2. The quantitative estimate of drug-likeness (QED) is 0.841. The molecule has 1 aromatic rings. The van der Waals surface area contributed by atoms with Gasteiger partial charge in [0.1, 0.15) is 0 Å². The first-order chi connectivity index (χ1) is 12.2. The Hall–Kier alpha value is -1.43. The lowest BCUT2D eigenvalue weighted by molar-refractivity contribution is -0.122. The van der Waals surface area contributed by atoms with Gasteiger partial charge in [-0.05, 0) is 38.3 Å². The van der Waals surface area contributed by atoms with Crippen LogP contribution < -0.4 is 4.90 Å². The van der Waals surface area contributed by atoms with Crippen LogP contribution in [0.25, 0.3) is 0 Å². The van der Waals surface area contributed by atoms with Crippen LogP contribution in [0.1, 0.15) is 26.2 Å². The SMILES string of the molecule is C[C@H]1COCCN1C1CCN([C@H]2CCN(c3ccccc3)C2=O)CC1. The van der Waals surface area contributed by atoms with E-state index in [1.807, 2.05) is 35.2 Å². The summed E-state index contributed by atoms with van der Waals surface area (Å²) >= 11 is 0. The summed E-state index contributed by atoms with van der Waals surface area (Å²) in [5.74, 6) is 0.282. The number of morpholine rings is 1. The highest BCUT2D eigenvalue weighted by molar-refractivity contribution is 5.99. The first kappa shape index (κ1) is 17.0. The van der Waals surface area contributed by atoms with Crippen molar-refractivity contribution >= 4 is 11.6 Å². The number of anilines is 1. The molecule has 5 nitrogen and oxygen atoms in total. The Morgan fingerprint density at radius 1 is 1.00 bits per heavy atom. The van der Waals surface area contributed by atoms with E-state index in [-0.39, 0.29) is 11.9 Å². The van der Waals surface area contributed by atoms with Crippen molar-refractivity contribution in [3.05, 3.63) is 30.3 Å². The Kier molecular flexibility index (Phi) is 5.06. The first-order valence-corrected chi connectivity index (χ1v) is 9.68. The van der Waals surface area contributed by atoms with Crippen LogP contribution in [0.2, 0.25) is 0 Å². The number of para-hydroxylation sites is 1. The molecule has 0 spiro atoms. The summed E-state index contributed by atoms with van der Waals surface area (Å²) in [6.07, 6.45) is 3.28. The average molecular weight is 343 g/mol. The largest absolute Gasteiger partial charge is 0.379 e. The zero-order valence-corrected chi connectivity index (χ0v) is 15.1. The monoisotopic (exact) mass is 343 g/mol. The molecule has 3 aliphatic rings. The predicted molar refractivity (Wildman–Crippen MR) is 98.8 cm³/mol. The van der Waals surface area contributed by atoms with Crippen LogP contribution in [-0.4, -0.2) is 73.2 Å². The van der Waals surface area contributed by atoms with Gasteiger partial charge in [0.15, 0.2) is 0 Å². The Balaban J connectivity index is 1.34. The summed E-state index contributed by atoms with van der Waals surface area (Å²) in [4.78, 5) is 19.9. The lowest BCUT2D eigenvalue weighted by Gasteiger charge is -2.44. The average Bonchev–Trinajstić information content (AvgIpc) is 3.04. The number of hydrogen-bond acceptors (Lipinski definition) is 4. The topological polar surface area (TPSA) is 36.0 Å². The number of hydrogen-bond donors (Lipinski definition) is 0. The number of piperidine rings is 1. The van der Waals surface area contributed by atoms with Gasteiger partial charge in [-0.1, -0.05) is 18.2 Å². The van der Waals surface area contributed by atoms with E-state index in [0.717, 1.165) is 51.5 Å². The summed E-state index contributed by atoms with van der Waals surface area (Å²) in [7, 11) is 0. The van der Waals surface area contributed by atoms with Gasteiger partial charge in [-0.3, -0.25) is 14.6 Å². The van der Waals surface area contributed by atoms with Gasteiger partial charge in [0, 0.05) is 44.0 Å². The lowest BCUT2D eigenvalue weighted by Crippen LogP contribution is -2.55. The Labute approximate surface area is 150 Å². The fourth-order valence-electron chi connectivity index (χ4n) is 4.68. The van der Waals surface area contributed by atoms with Crippen LogP contribution in [0.15, 0.2) is 30.3 Å². The normalized spacial score (nSPS) is 30.1. The number of likely N-dealkylation sites (tertiary alicyclic amines) is 1. The molecule has 3 fully saturated rings. The highest BCUT2D eigenvalue weighted by Crippen LogP contribution is 2.28. The number of carbonyl (C=O) groups is 1. The Morgan fingerprint density at radius 3 is 2.48 bits per heavy atom. The summed E-state index contributed by atoms with van der Waals surface area (Å²) in [6, 6.07) is 11.3. The molecule has 0 unspecified atom stereocenters. The maximum atomic E-state index is 12.9. The summed E-state index contributed by atoms with van der Waals surface area (Å²) in [5.41, 5.74) is 1.03. The molecule has 136 valence electrons. The fourth-order valence-corrected chi connectivity index (χ4v) is 4.68. The minimum Gasteiger partial charge on any atom is -0.379 e. The minimum atomic E-state index is 0.0725. The van der Waals surface area contributed by atoms with Crippen molar-refractivity contribution in [2.75, 3.05) is 44.3 Å². The second-order valence-corrected chi connectivity index (χ2v) is 7.56. The molecule has 5 heteroatoms. The van der Waals surface area contributed by atoms with E-state index in [4.69, 9.17) is 4.74 Å². The second kappa shape index (κ2) is 7.44. The summed E-state index contributed by atoms with van der Waals surface area (Å²) in [6.45, 7) is 7.94. The maximum Gasteiger partial charge on any atom is 0.244 e. The number of ether oxygens (including phenoxy) is 1. The molecule has 3 heterocycles. The maximum absolute atomic E-state index is 12.9. The lowest BCUT2D eigenvalue weighted by atomic mass is 9.99. The predicted octanol–water partition coefficient (Wildman–Crippen LogP) is 1.98. The molecule has 0 saturated carbocycles. The molecule has 2 atom stereocenters. The van der Waals surface area contributed by atoms with E-state index in [0.29, 0.717) is 12.1 Å². The third kappa shape index (κ3) is 3.46. The van der Waals surface area contributed by atoms with Gasteiger partial charge in [0.25, 0.3) is 0 Å². The smallest absolute Gasteiger partial charge is 0.244 e. The van der Waals surface area contributed by atoms with Crippen LogP contribution >= 0.6 is 0 Å². The molecule has 0 radical (unpaired) electrons. The number of amides is 1. The van der Waals surface area contributed by atoms with E-state index < -0.39 is 0 Å². The van der Waals surface area contributed by atoms with Crippen molar-refractivity contribution in [3.63, 3.8) is 0 Å². The zero-order valence-electron chi connectivity index (χ0n) is 15.1. The summed E-state index contributed by atoms with van der Waals surface area (Å²) < 4.78 is 5.57.